The van der Waals surface area contributed by atoms with E-state index in [0.717, 1.165) is 24.7 Å². The molecular formula is C37H60. The topological polar surface area (TPSA) is 0 Å². The van der Waals surface area contributed by atoms with E-state index in [2.05, 4.69) is 98.4 Å². The molecule has 3 aliphatic carbocycles. The van der Waals surface area contributed by atoms with E-state index < -0.39 is 0 Å². The number of fused-ring (bicyclic) bond motifs is 3. The van der Waals surface area contributed by atoms with Gasteiger partial charge in [-0.05, 0) is 102 Å². The summed E-state index contributed by atoms with van der Waals surface area (Å²) in [5.41, 5.74) is 9.73. The van der Waals surface area contributed by atoms with Crippen LogP contribution in [0.5, 0.6) is 0 Å². The Morgan fingerprint density at radius 1 is 1.03 bits per heavy atom. The third-order valence-electron chi connectivity index (χ3n) is 8.66. The maximum Gasteiger partial charge on any atom is -0.0100 e. The standard InChI is InChI=1S/C25H38.C8H10.2C2H6/c1-9-20(10-2)12-11-18(3)15-21-17-23-22(16-19(21)4)24(5,6)13-14-25(23,7)8;1-6-7-2-3-8(6)5-4-7;2*1-2/h9,12,16-18H,1,10-11,13-15H2,2-8H3;2-4,6,8H,5H2,1H3;2*1-2H3/b20-12+;;;. The summed E-state index contributed by atoms with van der Waals surface area (Å²) in [5, 5.41) is 0. The first-order chi connectivity index (χ1) is 17.5. The molecule has 1 aromatic rings. The van der Waals surface area contributed by atoms with Crippen LogP contribution in [0.25, 0.3) is 0 Å². The SMILES string of the molecule is C=C/C(=C\CC(C)Cc1cc2c(cc1C)C(C)(C)CCC2(C)C)CC.CC.CC.CC1C2=CCC1C=C2. The van der Waals surface area contributed by atoms with Crippen molar-refractivity contribution in [3.05, 3.63) is 82.5 Å². The van der Waals surface area contributed by atoms with Crippen molar-refractivity contribution in [2.24, 2.45) is 17.8 Å². The van der Waals surface area contributed by atoms with Crippen molar-refractivity contribution in [1.29, 1.82) is 0 Å². The Labute approximate surface area is 232 Å². The van der Waals surface area contributed by atoms with Crippen LogP contribution in [-0.2, 0) is 17.3 Å². The minimum absolute atomic E-state index is 0.300. The maximum atomic E-state index is 3.92. The number of aryl methyl sites for hydroxylation is 1. The van der Waals surface area contributed by atoms with Crippen LogP contribution < -0.4 is 0 Å². The molecule has 0 spiro atoms. The number of benzene rings is 1. The second-order valence-electron chi connectivity index (χ2n) is 12.2. The number of rotatable bonds is 6. The zero-order valence-corrected chi connectivity index (χ0v) is 26.7. The van der Waals surface area contributed by atoms with Gasteiger partial charge in [-0.15, -0.1) is 0 Å². The highest BCUT2D eigenvalue weighted by molar-refractivity contribution is 5.47. The normalized spacial score (nSPS) is 22.7. The van der Waals surface area contributed by atoms with E-state index in [4.69, 9.17) is 0 Å². The predicted octanol–water partition coefficient (Wildman–Crippen LogP) is 11.6. The average Bonchev–Trinajstić information content (AvgIpc) is 3.43. The minimum Gasteiger partial charge on any atom is -0.0988 e. The van der Waals surface area contributed by atoms with Crippen LogP contribution in [-0.4, -0.2) is 0 Å². The van der Waals surface area contributed by atoms with Crippen LogP contribution in [0, 0.1) is 24.7 Å². The molecule has 0 aromatic heterocycles. The molecule has 0 amide bonds. The average molecular weight is 505 g/mol. The van der Waals surface area contributed by atoms with Crippen molar-refractivity contribution in [2.45, 2.75) is 132 Å². The first-order valence-corrected chi connectivity index (χ1v) is 15.3. The first-order valence-electron chi connectivity index (χ1n) is 15.3. The van der Waals surface area contributed by atoms with Crippen LogP contribution >= 0.6 is 0 Å². The monoisotopic (exact) mass is 504 g/mol. The van der Waals surface area contributed by atoms with E-state index in [1.165, 1.54) is 36.8 Å². The van der Waals surface area contributed by atoms with Gasteiger partial charge in [-0.1, -0.05) is 131 Å². The van der Waals surface area contributed by atoms with Crippen molar-refractivity contribution in [3.63, 3.8) is 0 Å². The second kappa shape index (κ2) is 14.9. The molecule has 0 aliphatic heterocycles. The summed E-state index contributed by atoms with van der Waals surface area (Å²) in [4.78, 5) is 0. The van der Waals surface area contributed by atoms with Gasteiger partial charge in [0.25, 0.3) is 0 Å². The molecule has 0 radical (unpaired) electrons. The fourth-order valence-electron chi connectivity index (χ4n) is 5.78. The third-order valence-corrected chi connectivity index (χ3v) is 8.66. The van der Waals surface area contributed by atoms with Crippen molar-refractivity contribution in [3.8, 4) is 0 Å². The molecule has 0 heteroatoms. The smallest absolute Gasteiger partial charge is 0.0100 e. The summed E-state index contributed by atoms with van der Waals surface area (Å²) >= 11 is 0. The quantitative estimate of drug-likeness (QED) is 0.338. The van der Waals surface area contributed by atoms with Gasteiger partial charge in [0.1, 0.15) is 0 Å². The van der Waals surface area contributed by atoms with Gasteiger partial charge >= 0.3 is 0 Å². The molecule has 0 saturated heterocycles. The fourth-order valence-corrected chi connectivity index (χ4v) is 5.78. The van der Waals surface area contributed by atoms with E-state index in [0.29, 0.717) is 16.7 Å². The number of allylic oxidation sites excluding steroid dienone is 7. The van der Waals surface area contributed by atoms with Crippen LogP contribution in [0.1, 0.15) is 131 Å². The van der Waals surface area contributed by atoms with Crippen molar-refractivity contribution in [1.82, 2.24) is 0 Å². The zero-order valence-electron chi connectivity index (χ0n) is 26.7. The van der Waals surface area contributed by atoms with E-state index in [-0.39, 0.29) is 0 Å². The van der Waals surface area contributed by atoms with Crippen molar-refractivity contribution >= 4 is 0 Å². The van der Waals surface area contributed by atoms with E-state index >= 15 is 0 Å². The van der Waals surface area contributed by atoms with Crippen LogP contribution in [0.4, 0.5) is 0 Å². The Balaban J connectivity index is 0.000000469. The Hall–Kier alpha value is -1.82. The highest BCUT2D eigenvalue weighted by atomic mass is 14.4. The summed E-state index contributed by atoms with van der Waals surface area (Å²) in [6.45, 7) is 30.8. The second-order valence-corrected chi connectivity index (χ2v) is 12.2. The molecule has 1 aromatic carbocycles. The predicted molar refractivity (Wildman–Crippen MR) is 170 cm³/mol. The molecule has 37 heavy (non-hydrogen) atoms. The van der Waals surface area contributed by atoms with Gasteiger partial charge in [0.2, 0.25) is 0 Å². The van der Waals surface area contributed by atoms with Gasteiger partial charge in [0, 0.05) is 0 Å². The lowest BCUT2D eigenvalue weighted by atomic mass is 9.62. The van der Waals surface area contributed by atoms with Crippen LogP contribution in [0.3, 0.4) is 0 Å². The molecule has 0 heterocycles. The lowest BCUT2D eigenvalue weighted by Crippen LogP contribution is -2.34. The van der Waals surface area contributed by atoms with Gasteiger partial charge in [0.05, 0.1) is 0 Å². The molecular weight excluding hydrogens is 444 g/mol. The van der Waals surface area contributed by atoms with Gasteiger partial charge in [-0.2, -0.15) is 0 Å². The van der Waals surface area contributed by atoms with Crippen LogP contribution in [0.15, 0.2) is 60.2 Å². The molecule has 0 saturated carbocycles. The minimum atomic E-state index is 0.300. The highest BCUT2D eigenvalue weighted by Crippen LogP contribution is 2.46. The lowest BCUT2D eigenvalue weighted by Gasteiger charge is -2.42. The van der Waals surface area contributed by atoms with Crippen molar-refractivity contribution in [2.75, 3.05) is 0 Å². The van der Waals surface area contributed by atoms with Crippen molar-refractivity contribution < 1.29 is 0 Å². The molecule has 208 valence electrons. The molecule has 3 unspecified atom stereocenters. The third kappa shape index (κ3) is 8.59. The molecule has 2 bridgehead atoms. The fraction of sp³-hybridized carbons (Fsp3) is 0.622. The Morgan fingerprint density at radius 2 is 1.59 bits per heavy atom. The van der Waals surface area contributed by atoms with Gasteiger partial charge in [-0.25, -0.2) is 0 Å². The highest BCUT2D eigenvalue weighted by Gasteiger charge is 2.37. The Morgan fingerprint density at radius 3 is 1.97 bits per heavy atom. The Kier molecular flexibility index (Phi) is 13.4. The molecule has 0 N–H and O–H groups in total. The molecule has 3 atom stereocenters. The van der Waals surface area contributed by atoms with Gasteiger partial charge in [-0.3, -0.25) is 0 Å². The summed E-state index contributed by atoms with van der Waals surface area (Å²) in [6, 6.07) is 5.04. The van der Waals surface area contributed by atoms with Crippen LogP contribution in [0.2, 0.25) is 0 Å². The van der Waals surface area contributed by atoms with E-state index in [1.54, 1.807) is 22.3 Å². The summed E-state index contributed by atoms with van der Waals surface area (Å²) in [6.07, 6.45) is 18.6. The largest absolute Gasteiger partial charge is 0.0988 e. The van der Waals surface area contributed by atoms with E-state index in [9.17, 15) is 0 Å². The van der Waals surface area contributed by atoms with Gasteiger partial charge in [0.15, 0.2) is 0 Å². The first kappa shape index (κ1) is 33.2. The molecule has 4 rings (SSSR count). The van der Waals surface area contributed by atoms with Gasteiger partial charge < -0.3 is 0 Å². The number of hydrogen-bond acceptors (Lipinski definition) is 0. The molecule has 3 aliphatic rings. The summed E-state index contributed by atoms with van der Waals surface area (Å²) in [7, 11) is 0. The lowest BCUT2D eigenvalue weighted by molar-refractivity contribution is 0.331. The van der Waals surface area contributed by atoms with E-state index in [1.807, 2.05) is 33.8 Å². The summed E-state index contributed by atoms with van der Waals surface area (Å²) in [5.74, 6) is 2.37. The molecule has 0 fully saturated rings. The summed E-state index contributed by atoms with van der Waals surface area (Å²) < 4.78 is 0. The Bertz CT molecular complexity index is 946. The zero-order chi connectivity index (χ0) is 28.4. The number of hydrogen-bond donors (Lipinski definition) is 0. The maximum absolute atomic E-state index is 3.92. The molecule has 0 nitrogen and oxygen atoms in total.